The van der Waals surface area contributed by atoms with Crippen LogP contribution in [-0.4, -0.2) is 22.1 Å². The van der Waals surface area contributed by atoms with Gasteiger partial charge in [-0.05, 0) is 26.0 Å². The van der Waals surface area contributed by atoms with Gasteiger partial charge in [0.2, 0.25) is 0 Å². The van der Waals surface area contributed by atoms with Crippen LogP contribution in [0.2, 0.25) is 0 Å². The molecular formula is C11H12N2O2. The van der Waals surface area contributed by atoms with E-state index in [9.17, 15) is 4.79 Å². The zero-order valence-corrected chi connectivity index (χ0v) is 8.61. The normalized spacial score (nSPS) is 11.5. The number of carbonyl (C=O) groups is 1. The van der Waals surface area contributed by atoms with Gasteiger partial charge in [0.1, 0.15) is 5.82 Å². The SMILES string of the molecule is C#CC(C)Nc1cc(C(=O)O)cc(C)n1. The van der Waals surface area contributed by atoms with Crippen LogP contribution in [0.25, 0.3) is 0 Å². The molecule has 0 aliphatic carbocycles. The summed E-state index contributed by atoms with van der Waals surface area (Å²) in [7, 11) is 0. The molecule has 1 unspecified atom stereocenters. The molecule has 0 saturated heterocycles. The standard InChI is InChI=1S/C11H12N2O2/c1-4-7(2)12-10-6-9(11(14)15)5-8(3)13-10/h1,5-7H,2-3H3,(H,12,13)(H,14,15). The minimum absolute atomic E-state index is 0.180. The fraction of sp³-hybridized carbons (Fsp3) is 0.273. The van der Waals surface area contributed by atoms with Crippen molar-refractivity contribution in [3.05, 3.63) is 23.4 Å². The van der Waals surface area contributed by atoms with Gasteiger partial charge in [0.05, 0.1) is 11.6 Å². The Morgan fingerprint density at radius 1 is 1.67 bits per heavy atom. The predicted molar refractivity (Wildman–Crippen MR) is 57.9 cm³/mol. The number of hydrogen-bond acceptors (Lipinski definition) is 3. The number of carboxylic acid groups (broad SMARTS) is 1. The average molecular weight is 204 g/mol. The van der Waals surface area contributed by atoms with Crippen LogP contribution in [0, 0.1) is 19.3 Å². The van der Waals surface area contributed by atoms with Crippen molar-refractivity contribution < 1.29 is 9.90 Å². The van der Waals surface area contributed by atoms with Crippen LogP contribution >= 0.6 is 0 Å². The van der Waals surface area contributed by atoms with E-state index in [2.05, 4.69) is 16.2 Å². The summed E-state index contributed by atoms with van der Waals surface area (Å²) in [5, 5.41) is 11.7. The van der Waals surface area contributed by atoms with Crippen LogP contribution in [0.1, 0.15) is 23.0 Å². The van der Waals surface area contributed by atoms with Crippen molar-refractivity contribution in [3.8, 4) is 12.3 Å². The van der Waals surface area contributed by atoms with Crippen LogP contribution in [-0.2, 0) is 0 Å². The minimum Gasteiger partial charge on any atom is -0.478 e. The van der Waals surface area contributed by atoms with Crippen molar-refractivity contribution in [1.82, 2.24) is 4.98 Å². The summed E-state index contributed by atoms with van der Waals surface area (Å²) >= 11 is 0. The van der Waals surface area contributed by atoms with Gasteiger partial charge in [0, 0.05) is 5.69 Å². The van der Waals surface area contributed by atoms with Crippen molar-refractivity contribution in [1.29, 1.82) is 0 Å². The second-order valence-corrected chi connectivity index (χ2v) is 3.22. The first-order valence-corrected chi connectivity index (χ1v) is 4.47. The van der Waals surface area contributed by atoms with Gasteiger partial charge < -0.3 is 10.4 Å². The van der Waals surface area contributed by atoms with Crippen molar-refractivity contribution in [2.24, 2.45) is 0 Å². The number of hydrogen-bond donors (Lipinski definition) is 2. The van der Waals surface area contributed by atoms with E-state index in [1.807, 2.05) is 0 Å². The molecule has 0 saturated carbocycles. The lowest BCUT2D eigenvalue weighted by atomic mass is 10.2. The summed E-state index contributed by atoms with van der Waals surface area (Å²) in [5.74, 6) is 1.99. The number of aryl methyl sites for hydroxylation is 1. The summed E-state index contributed by atoms with van der Waals surface area (Å²) in [6.07, 6.45) is 5.20. The van der Waals surface area contributed by atoms with Gasteiger partial charge >= 0.3 is 5.97 Å². The largest absolute Gasteiger partial charge is 0.478 e. The summed E-state index contributed by atoms with van der Waals surface area (Å²) < 4.78 is 0. The highest BCUT2D eigenvalue weighted by atomic mass is 16.4. The Bertz CT molecular complexity index is 421. The van der Waals surface area contributed by atoms with Crippen LogP contribution in [0.15, 0.2) is 12.1 Å². The fourth-order valence-electron chi connectivity index (χ4n) is 1.13. The lowest BCUT2D eigenvalue weighted by Crippen LogP contribution is -2.14. The lowest BCUT2D eigenvalue weighted by molar-refractivity contribution is 0.0696. The second kappa shape index (κ2) is 4.47. The van der Waals surface area contributed by atoms with E-state index in [0.717, 1.165) is 0 Å². The zero-order chi connectivity index (χ0) is 11.4. The summed E-state index contributed by atoms with van der Waals surface area (Å²) in [6.45, 7) is 3.53. The fourth-order valence-corrected chi connectivity index (χ4v) is 1.13. The third-order valence-electron chi connectivity index (χ3n) is 1.81. The first kappa shape index (κ1) is 11.1. The van der Waals surface area contributed by atoms with Gasteiger partial charge in [0.15, 0.2) is 0 Å². The molecule has 0 aliphatic heterocycles. The third-order valence-corrected chi connectivity index (χ3v) is 1.81. The number of carboxylic acids is 1. The first-order valence-electron chi connectivity index (χ1n) is 4.47. The Balaban J connectivity index is 3.00. The molecule has 15 heavy (non-hydrogen) atoms. The zero-order valence-electron chi connectivity index (χ0n) is 8.61. The number of rotatable bonds is 3. The van der Waals surface area contributed by atoms with Gasteiger partial charge in [-0.25, -0.2) is 9.78 Å². The molecule has 0 amide bonds. The van der Waals surface area contributed by atoms with Crippen molar-refractivity contribution >= 4 is 11.8 Å². The molecule has 0 bridgehead atoms. The second-order valence-electron chi connectivity index (χ2n) is 3.22. The average Bonchev–Trinajstić information content (AvgIpc) is 2.16. The van der Waals surface area contributed by atoms with Crippen LogP contribution in [0.4, 0.5) is 5.82 Å². The number of anilines is 1. The molecular weight excluding hydrogens is 192 g/mol. The van der Waals surface area contributed by atoms with E-state index in [1.165, 1.54) is 12.1 Å². The maximum Gasteiger partial charge on any atom is 0.335 e. The lowest BCUT2D eigenvalue weighted by Gasteiger charge is -2.09. The molecule has 0 aromatic carbocycles. The van der Waals surface area contributed by atoms with E-state index < -0.39 is 5.97 Å². The van der Waals surface area contributed by atoms with Gasteiger partial charge in [-0.15, -0.1) is 6.42 Å². The van der Waals surface area contributed by atoms with E-state index in [4.69, 9.17) is 11.5 Å². The molecule has 1 aromatic rings. The molecule has 1 heterocycles. The Morgan fingerprint density at radius 3 is 2.87 bits per heavy atom. The van der Waals surface area contributed by atoms with E-state index in [1.54, 1.807) is 13.8 Å². The number of terminal acetylenes is 1. The predicted octanol–water partition coefficient (Wildman–Crippen LogP) is 1.52. The quantitative estimate of drug-likeness (QED) is 0.733. The molecule has 1 aromatic heterocycles. The maximum absolute atomic E-state index is 10.8. The first-order chi connectivity index (χ1) is 7.02. The Kier molecular flexibility index (Phi) is 3.29. The molecule has 1 atom stereocenters. The monoisotopic (exact) mass is 204 g/mol. The smallest absolute Gasteiger partial charge is 0.335 e. The number of nitrogens with one attached hydrogen (secondary N) is 1. The molecule has 78 valence electrons. The molecule has 4 heteroatoms. The number of aromatic carboxylic acids is 1. The van der Waals surface area contributed by atoms with Crippen molar-refractivity contribution in [3.63, 3.8) is 0 Å². The summed E-state index contributed by atoms with van der Waals surface area (Å²) in [4.78, 5) is 14.9. The Morgan fingerprint density at radius 2 is 2.33 bits per heavy atom. The van der Waals surface area contributed by atoms with Crippen LogP contribution < -0.4 is 5.32 Å². The molecule has 0 fully saturated rings. The Hall–Kier alpha value is -2.02. The van der Waals surface area contributed by atoms with E-state index in [0.29, 0.717) is 11.5 Å². The Labute approximate surface area is 88.3 Å². The van der Waals surface area contributed by atoms with Crippen LogP contribution in [0.3, 0.4) is 0 Å². The molecule has 1 rings (SSSR count). The van der Waals surface area contributed by atoms with E-state index >= 15 is 0 Å². The molecule has 0 spiro atoms. The minimum atomic E-state index is -0.975. The number of nitrogens with zero attached hydrogens (tertiary/aromatic N) is 1. The van der Waals surface area contributed by atoms with Gasteiger partial charge in [0.25, 0.3) is 0 Å². The number of pyridine rings is 1. The van der Waals surface area contributed by atoms with Crippen LogP contribution in [0.5, 0.6) is 0 Å². The number of aromatic nitrogens is 1. The highest BCUT2D eigenvalue weighted by Crippen LogP contribution is 2.11. The van der Waals surface area contributed by atoms with E-state index in [-0.39, 0.29) is 11.6 Å². The highest BCUT2D eigenvalue weighted by molar-refractivity contribution is 5.88. The van der Waals surface area contributed by atoms with Gasteiger partial charge in [-0.2, -0.15) is 0 Å². The van der Waals surface area contributed by atoms with Crippen molar-refractivity contribution in [2.75, 3.05) is 5.32 Å². The maximum atomic E-state index is 10.8. The molecule has 0 aliphatic rings. The molecule has 4 nitrogen and oxygen atoms in total. The summed E-state index contributed by atoms with van der Waals surface area (Å²) in [5.41, 5.74) is 0.843. The third kappa shape index (κ3) is 2.99. The highest BCUT2D eigenvalue weighted by Gasteiger charge is 2.07. The van der Waals surface area contributed by atoms with Crippen molar-refractivity contribution in [2.45, 2.75) is 19.9 Å². The molecule has 2 N–H and O–H groups in total. The van der Waals surface area contributed by atoms with Gasteiger partial charge in [-0.3, -0.25) is 0 Å². The summed E-state index contributed by atoms with van der Waals surface area (Å²) in [6, 6.07) is 2.79. The topological polar surface area (TPSA) is 62.2 Å². The van der Waals surface area contributed by atoms with Gasteiger partial charge in [-0.1, -0.05) is 5.92 Å². The molecule has 0 radical (unpaired) electrons.